The number of aryl methyl sites for hydroxylation is 1. The Morgan fingerprint density at radius 1 is 1.10 bits per heavy atom. The summed E-state index contributed by atoms with van der Waals surface area (Å²) in [6.07, 6.45) is 3.51. The molecular weight excluding hydrogens is 382 g/mol. The lowest BCUT2D eigenvalue weighted by Gasteiger charge is -2.08. The maximum Gasteiger partial charge on any atom is 0.264 e. The van der Waals surface area contributed by atoms with E-state index in [1.165, 1.54) is 0 Å². The van der Waals surface area contributed by atoms with Crippen molar-refractivity contribution in [3.8, 4) is 22.8 Å². The molecule has 0 aliphatic rings. The zero-order valence-electron chi connectivity index (χ0n) is 16.7. The molecule has 0 atom stereocenters. The summed E-state index contributed by atoms with van der Waals surface area (Å²) in [5, 5.41) is 7.01. The normalized spacial score (nSPS) is 10.7. The average molecular weight is 403 g/mol. The van der Waals surface area contributed by atoms with Crippen LogP contribution < -0.4 is 14.8 Å². The van der Waals surface area contributed by atoms with Crippen LogP contribution in [0.4, 0.5) is 5.95 Å². The van der Waals surface area contributed by atoms with Gasteiger partial charge in [-0.3, -0.25) is 10.1 Å². The highest BCUT2D eigenvalue weighted by Crippen LogP contribution is 2.28. The topological polar surface area (TPSA) is 90.6 Å². The molecule has 0 bridgehead atoms. The van der Waals surface area contributed by atoms with Gasteiger partial charge in [0.15, 0.2) is 12.3 Å². The van der Waals surface area contributed by atoms with E-state index < -0.39 is 0 Å². The number of aromatic nitrogens is 4. The Hall–Kier alpha value is -3.94. The monoisotopic (exact) mass is 403 g/mol. The third kappa shape index (κ3) is 4.22. The second-order valence-corrected chi connectivity index (χ2v) is 6.55. The van der Waals surface area contributed by atoms with Gasteiger partial charge in [0, 0.05) is 23.5 Å². The standard InChI is InChI=1S/C22H21N5O3/c1-3-29-21-17(8-6-12-23-21)16-10-11-19-24-22(26-27(19)13-16)25-20(28)14-30-18-9-5-4-7-15(18)2/h4-13H,3,14H2,1-2H3,(H,25,26,28). The Morgan fingerprint density at radius 3 is 2.80 bits per heavy atom. The van der Waals surface area contributed by atoms with Crippen molar-refractivity contribution in [2.45, 2.75) is 13.8 Å². The number of carbonyl (C=O) groups is 1. The van der Waals surface area contributed by atoms with Crippen molar-refractivity contribution in [1.82, 2.24) is 19.6 Å². The van der Waals surface area contributed by atoms with Gasteiger partial charge in [0.2, 0.25) is 11.8 Å². The van der Waals surface area contributed by atoms with Crippen LogP contribution in [-0.2, 0) is 4.79 Å². The third-order valence-corrected chi connectivity index (χ3v) is 4.40. The first-order valence-corrected chi connectivity index (χ1v) is 9.57. The fourth-order valence-corrected chi connectivity index (χ4v) is 2.98. The van der Waals surface area contributed by atoms with Gasteiger partial charge in [0.05, 0.1) is 6.61 Å². The van der Waals surface area contributed by atoms with Crippen LogP contribution in [0.5, 0.6) is 11.6 Å². The molecule has 0 fully saturated rings. The van der Waals surface area contributed by atoms with Crippen LogP contribution in [0.3, 0.4) is 0 Å². The zero-order valence-corrected chi connectivity index (χ0v) is 16.7. The molecule has 0 unspecified atom stereocenters. The minimum atomic E-state index is -0.333. The van der Waals surface area contributed by atoms with Gasteiger partial charge in [-0.15, -0.1) is 5.10 Å². The fraction of sp³-hybridized carbons (Fsp3) is 0.182. The third-order valence-electron chi connectivity index (χ3n) is 4.40. The Kier molecular flexibility index (Phi) is 5.56. The molecule has 3 heterocycles. The van der Waals surface area contributed by atoms with E-state index in [2.05, 4.69) is 20.4 Å². The Bertz CT molecular complexity index is 1190. The smallest absolute Gasteiger partial charge is 0.264 e. The van der Waals surface area contributed by atoms with E-state index in [1.54, 1.807) is 10.7 Å². The second kappa shape index (κ2) is 8.60. The summed E-state index contributed by atoms with van der Waals surface area (Å²) >= 11 is 0. The van der Waals surface area contributed by atoms with E-state index >= 15 is 0 Å². The molecule has 4 aromatic rings. The summed E-state index contributed by atoms with van der Waals surface area (Å²) in [6, 6.07) is 15.0. The summed E-state index contributed by atoms with van der Waals surface area (Å²) in [7, 11) is 0. The maximum absolute atomic E-state index is 12.2. The van der Waals surface area contributed by atoms with Gasteiger partial charge >= 0.3 is 0 Å². The maximum atomic E-state index is 12.2. The van der Waals surface area contributed by atoms with Crippen molar-refractivity contribution in [2.24, 2.45) is 0 Å². The molecule has 152 valence electrons. The molecule has 8 nitrogen and oxygen atoms in total. The first-order valence-electron chi connectivity index (χ1n) is 9.57. The van der Waals surface area contributed by atoms with Crippen molar-refractivity contribution in [2.75, 3.05) is 18.5 Å². The number of benzene rings is 1. The molecule has 0 radical (unpaired) electrons. The van der Waals surface area contributed by atoms with Gasteiger partial charge in [-0.05, 0) is 49.7 Å². The number of fused-ring (bicyclic) bond motifs is 1. The highest BCUT2D eigenvalue weighted by Gasteiger charge is 2.12. The Balaban J connectivity index is 1.49. The van der Waals surface area contributed by atoms with Crippen molar-refractivity contribution in [3.05, 3.63) is 66.5 Å². The summed E-state index contributed by atoms with van der Waals surface area (Å²) in [4.78, 5) is 20.8. The zero-order chi connectivity index (χ0) is 20.9. The molecule has 1 N–H and O–H groups in total. The second-order valence-electron chi connectivity index (χ2n) is 6.55. The molecule has 1 aromatic carbocycles. The SMILES string of the molecule is CCOc1ncccc1-c1ccc2nc(NC(=O)COc3ccccc3C)nn2c1. The number of para-hydroxylation sites is 1. The van der Waals surface area contributed by atoms with Gasteiger partial charge in [-0.1, -0.05) is 18.2 Å². The molecule has 8 heteroatoms. The number of carbonyl (C=O) groups excluding carboxylic acids is 1. The number of ether oxygens (including phenoxy) is 2. The predicted octanol–water partition coefficient (Wildman–Crippen LogP) is 3.52. The average Bonchev–Trinajstić information content (AvgIpc) is 3.15. The summed E-state index contributed by atoms with van der Waals surface area (Å²) in [6.45, 7) is 4.24. The fourth-order valence-electron chi connectivity index (χ4n) is 2.98. The molecule has 30 heavy (non-hydrogen) atoms. The molecule has 0 spiro atoms. The lowest BCUT2D eigenvalue weighted by molar-refractivity contribution is -0.118. The summed E-state index contributed by atoms with van der Waals surface area (Å²) < 4.78 is 12.8. The summed E-state index contributed by atoms with van der Waals surface area (Å²) in [5.74, 6) is 1.10. The molecular formula is C22H21N5O3. The Labute approximate surface area is 173 Å². The van der Waals surface area contributed by atoms with Crippen molar-refractivity contribution >= 4 is 17.5 Å². The highest BCUT2D eigenvalue weighted by molar-refractivity contribution is 5.90. The number of nitrogens with one attached hydrogen (secondary N) is 1. The lowest BCUT2D eigenvalue weighted by Crippen LogP contribution is -2.21. The number of rotatable bonds is 7. The molecule has 0 aliphatic heterocycles. The quantitative estimate of drug-likeness (QED) is 0.508. The molecule has 3 aromatic heterocycles. The van der Waals surface area contributed by atoms with Crippen LogP contribution >= 0.6 is 0 Å². The number of nitrogens with zero attached hydrogens (tertiary/aromatic N) is 4. The largest absolute Gasteiger partial charge is 0.483 e. The van der Waals surface area contributed by atoms with E-state index in [0.29, 0.717) is 23.9 Å². The first kappa shape index (κ1) is 19.4. The minimum Gasteiger partial charge on any atom is -0.483 e. The molecule has 0 saturated heterocycles. The van der Waals surface area contributed by atoms with Gasteiger partial charge in [-0.2, -0.15) is 4.98 Å². The molecule has 0 aliphatic carbocycles. The first-order chi connectivity index (χ1) is 14.6. The van der Waals surface area contributed by atoms with Crippen LogP contribution in [0, 0.1) is 6.92 Å². The van der Waals surface area contributed by atoms with Crippen LogP contribution in [0.25, 0.3) is 16.8 Å². The highest BCUT2D eigenvalue weighted by atomic mass is 16.5. The van der Waals surface area contributed by atoms with Crippen LogP contribution in [-0.4, -0.2) is 38.7 Å². The van der Waals surface area contributed by atoms with E-state index in [1.807, 2.05) is 68.6 Å². The lowest BCUT2D eigenvalue weighted by atomic mass is 10.1. The van der Waals surface area contributed by atoms with Crippen molar-refractivity contribution < 1.29 is 14.3 Å². The van der Waals surface area contributed by atoms with Gasteiger partial charge in [0.1, 0.15) is 5.75 Å². The number of hydrogen-bond donors (Lipinski definition) is 1. The van der Waals surface area contributed by atoms with E-state index in [9.17, 15) is 4.79 Å². The van der Waals surface area contributed by atoms with Gasteiger partial charge < -0.3 is 9.47 Å². The van der Waals surface area contributed by atoms with E-state index in [0.717, 1.165) is 16.7 Å². The number of hydrogen-bond acceptors (Lipinski definition) is 6. The predicted molar refractivity (Wildman–Crippen MR) is 113 cm³/mol. The molecule has 1 amide bonds. The minimum absolute atomic E-state index is 0.126. The van der Waals surface area contributed by atoms with Crippen molar-refractivity contribution in [1.29, 1.82) is 0 Å². The van der Waals surface area contributed by atoms with E-state index in [4.69, 9.17) is 9.47 Å². The van der Waals surface area contributed by atoms with Gasteiger partial charge in [0.25, 0.3) is 5.91 Å². The van der Waals surface area contributed by atoms with Gasteiger partial charge in [-0.25, -0.2) is 9.50 Å². The molecule has 4 rings (SSSR count). The number of amides is 1. The van der Waals surface area contributed by atoms with Crippen LogP contribution in [0.1, 0.15) is 12.5 Å². The van der Waals surface area contributed by atoms with Crippen LogP contribution in [0.15, 0.2) is 60.9 Å². The molecule has 0 saturated carbocycles. The number of pyridine rings is 2. The Morgan fingerprint density at radius 2 is 1.97 bits per heavy atom. The number of anilines is 1. The van der Waals surface area contributed by atoms with Crippen LogP contribution in [0.2, 0.25) is 0 Å². The van der Waals surface area contributed by atoms with E-state index in [-0.39, 0.29) is 18.5 Å². The summed E-state index contributed by atoms with van der Waals surface area (Å²) in [5.41, 5.74) is 3.31. The van der Waals surface area contributed by atoms with Crippen molar-refractivity contribution in [3.63, 3.8) is 0 Å².